The number of rotatable bonds is 5. The number of hydrogen-bond acceptors (Lipinski definition) is 3. The summed E-state index contributed by atoms with van der Waals surface area (Å²) in [6.07, 6.45) is 3.90. The van der Waals surface area contributed by atoms with Crippen LogP contribution in [0.5, 0.6) is 0 Å². The minimum Gasteiger partial charge on any atom is -0.392 e. The topological polar surface area (TPSA) is 46.5 Å². The van der Waals surface area contributed by atoms with Crippen LogP contribution in [0.25, 0.3) is 0 Å². The SMILES string of the molecule is O=CCOCC=CCO. The Morgan fingerprint density at radius 3 is 2.67 bits per heavy atom. The second-order valence-corrected chi connectivity index (χ2v) is 1.36. The molecular weight excluding hydrogens is 120 g/mol. The van der Waals surface area contributed by atoms with Gasteiger partial charge in [0.1, 0.15) is 12.9 Å². The maximum absolute atomic E-state index is 9.64. The largest absolute Gasteiger partial charge is 0.392 e. The molecule has 3 heteroatoms. The lowest BCUT2D eigenvalue weighted by Gasteiger charge is -1.89. The maximum atomic E-state index is 9.64. The standard InChI is InChI=1S/C6H10O3/c7-3-1-2-5-9-6-4-8/h1-2,4,7H,3,5-6H2. The molecular formula is C6H10O3. The molecule has 0 saturated heterocycles. The molecule has 0 aliphatic heterocycles. The highest BCUT2D eigenvalue weighted by Crippen LogP contribution is 1.73. The van der Waals surface area contributed by atoms with Crippen molar-refractivity contribution in [3.8, 4) is 0 Å². The van der Waals surface area contributed by atoms with E-state index in [0.717, 1.165) is 0 Å². The van der Waals surface area contributed by atoms with Crippen LogP contribution in [0.2, 0.25) is 0 Å². The van der Waals surface area contributed by atoms with Gasteiger partial charge in [-0.3, -0.25) is 0 Å². The van der Waals surface area contributed by atoms with Gasteiger partial charge in [-0.1, -0.05) is 12.2 Å². The summed E-state index contributed by atoms with van der Waals surface area (Å²) in [5.74, 6) is 0. The van der Waals surface area contributed by atoms with Crippen molar-refractivity contribution in [2.45, 2.75) is 0 Å². The number of aliphatic hydroxyl groups is 1. The monoisotopic (exact) mass is 130 g/mol. The van der Waals surface area contributed by atoms with E-state index in [-0.39, 0.29) is 13.2 Å². The number of aliphatic hydroxyl groups excluding tert-OH is 1. The van der Waals surface area contributed by atoms with E-state index in [0.29, 0.717) is 12.9 Å². The molecule has 0 spiro atoms. The quantitative estimate of drug-likeness (QED) is 0.317. The van der Waals surface area contributed by atoms with E-state index in [2.05, 4.69) is 0 Å². The fraction of sp³-hybridized carbons (Fsp3) is 0.500. The third-order valence-electron chi connectivity index (χ3n) is 0.672. The van der Waals surface area contributed by atoms with E-state index in [1.165, 1.54) is 0 Å². The predicted octanol–water partition coefficient (Wildman–Crippen LogP) is -0.250. The molecule has 0 aromatic carbocycles. The van der Waals surface area contributed by atoms with Gasteiger partial charge in [0, 0.05) is 0 Å². The van der Waals surface area contributed by atoms with Crippen LogP contribution in [-0.4, -0.2) is 31.2 Å². The van der Waals surface area contributed by atoms with Crippen molar-refractivity contribution < 1.29 is 14.6 Å². The molecule has 0 saturated carbocycles. The second kappa shape index (κ2) is 7.33. The van der Waals surface area contributed by atoms with Crippen LogP contribution in [0.4, 0.5) is 0 Å². The van der Waals surface area contributed by atoms with Gasteiger partial charge in [-0.05, 0) is 0 Å². The van der Waals surface area contributed by atoms with Crippen LogP contribution < -0.4 is 0 Å². The van der Waals surface area contributed by atoms with Crippen molar-refractivity contribution in [1.82, 2.24) is 0 Å². The zero-order chi connectivity index (χ0) is 6.95. The minimum atomic E-state index is 0.0183. The summed E-state index contributed by atoms with van der Waals surface area (Å²) in [5, 5.41) is 8.21. The fourth-order valence-electron chi connectivity index (χ4n) is 0.327. The molecule has 0 aromatic heterocycles. The molecule has 1 N–H and O–H groups in total. The van der Waals surface area contributed by atoms with E-state index in [4.69, 9.17) is 9.84 Å². The number of ether oxygens (including phenoxy) is 1. The van der Waals surface area contributed by atoms with E-state index in [1.807, 2.05) is 0 Å². The summed E-state index contributed by atoms with van der Waals surface area (Å²) < 4.78 is 4.72. The summed E-state index contributed by atoms with van der Waals surface area (Å²) in [5.41, 5.74) is 0. The Balaban J connectivity index is 2.90. The molecule has 0 unspecified atom stereocenters. The van der Waals surface area contributed by atoms with E-state index in [9.17, 15) is 4.79 Å². The Morgan fingerprint density at radius 2 is 2.11 bits per heavy atom. The first-order valence-electron chi connectivity index (χ1n) is 2.69. The van der Waals surface area contributed by atoms with Crippen LogP contribution in [0, 0.1) is 0 Å². The Hall–Kier alpha value is -0.670. The molecule has 0 aliphatic carbocycles. The first-order valence-corrected chi connectivity index (χ1v) is 2.69. The van der Waals surface area contributed by atoms with Gasteiger partial charge < -0.3 is 14.6 Å². The fourth-order valence-corrected chi connectivity index (χ4v) is 0.327. The van der Waals surface area contributed by atoms with Gasteiger partial charge in [0.05, 0.1) is 13.2 Å². The molecule has 0 aliphatic rings. The first kappa shape index (κ1) is 8.33. The molecule has 0 radical (unpaired) electrons. The van der Waals surface area contributed by atoms with E-state index >= 15 is 0 Å². The summed E-state index contributed by atoms with van der Waals surface area (Å²) in [7, 11) is 0. The lowest BCUT2D eigenvalue weighted by atomic mass is 10.5. The second-order valence-electron chi connectivity index (χ2n) is 1.36. The lowest BCUT2D eigenvalue weighted by Crippen LogP contribution is -1.94. The lowest BCUT2D eigenvalue weighted by molar-refractivity contribution is -0.111. The van der Waals surface area contributed by atoms with Crippen molar-refractivity contribution in [2.75, 3.05) is 19.8 Å². The first-order chi connectivity index (χ1) is 4.41. The highest BCUT2D eigenvalue weighted by Gasteiger charge is 1.77. The van der Waals surface area contributed by atoms with Crippen LogP contribution >= 0.6 is 0 Å². The average molecular weight is 130 g/mol. The van der Waals surface area contributed by atoms with Crippen LogP contribution in [0.15, 0.2) is 12.2 Å². The minimum absolute atomic E-state index is 0.0183. The maximum Gasteiger partial charge on any atom is 0.145 e. The zero-order valence-electron chi connectivity index (χ0n) is 5.12. The third-order valence-corrected chi connectivity index (χ3v) is 0.672. The molecule has 0 atom stereocenters. The van der Waals surface area contributed by atoms with E-state index < -0.39 is 0 Å². The molecule has 9 heavy (non-hydrogen) atoms. The molecule has 0 heterocycles. The van der Waals surface area contributed by atoms with Gasteiger partial charge in [0.25, 0.3) is 0 Å². The highest BCUT2D eigenvalue weighted by atomic mass is 16.5. The number of hydrogen-bond donors (Lipinski definition) is 1. The Bertz CT molecular complexity index is 88.3. The van der Waals surface area contributed by atoms with Crippen molar-refractivity contribution >= 4 is 6.29 Å². The predicted molar refractivity (Wildman–Crippen MR) is 33.1 cm³/mol. The molecule has 0 fully saturated rings. The normalized spacial score (nSPS) is 10.3. The molecule has 0 bridgehead atoms. The number of carbonyl (C=O) groups excluding carboxylic acids is 1. The Labute approximate surface area is 53.9 Å². The molecule has 0 amide bonds. The molecule has 0 aromatic rings. The summed E-state index contributed by atoms with van der Waals surface area (Å²) in [6.45, 7) is 0.527. The van der Waals surface area contributed by atoms with Crippen molar-refractivity contribution in [2.24, 2.45) is 0 Å². The van der Waals surface area contributed by atoms with Gasteiger partial charge >= 0.3 is 0 Å². The zero-order valence-corrected chi connectivity index (χ0v) is 5.12. The smallest absolute Gasteiger partial charge is 0.145 e. The summed E-state index contributed by atoms with van der Waals surface area (Å²) in [4.78, 5) is 9.64. The van der Waals surface area contributed by atoms with Crippen molar-refractivity contribution in [3.63, 3.8) is 0 Å². The molecule has 52 valence electrons. The van der Waals surface area contributed by atoms with Crippen molar-refractivity contribution in [1.29, 1.82) is 0 Å². The third kappa shape index (κ3) is 7.33. The van der Waals surface area contributed by atoms with Gasteiger partial charge in [-0.15, -0.1) is 0 Å². The van der Waals surface area contributed by atoms with Crippen LogP contribution in [-0.2, 0) is 9.53 Å². The molecule has 3 nitrogen and oxygen atoms in total. The van der Waals surface area contributed by atoms with Gasteiger partial charge in [-0.25, -0.2) is 0 Å². The van der Waals surface area contributed by atoms with Crippen LogP contribution in [0.1, 0.15) is 0 Å². The number of carbonyl (C=O) groups is 1. The average Bonchev–Trinajstić information content (AvgIpc) is 1.89. The van der Waals surface area contributed by atoms with Crippen LogP contribution in [0.3, 0.4) is 0 Å². The summed E-state index contributed by atoms with van der Waals surface area (Å²) >= 11 is 0. The highest BCUT2D eigenvalue weighted by molar-refractivity contribution is 5.50. The van der Waals surface area contributed by atoms with Crippen molar-refractivity contribution in [3.05, 3.63) is 12.2 Å². The molecule has 0 rings (SSSR count). The van der Waals surface area contributed by atoms with Gasteiger partial charge in [0.15, 0.2) is 0 Å². The Morgan fingerprint density at radius 1 is 1.33 bits per heavy atom. The summed E-state index contributed by atoms with van der Waals surface area (Å²) in [6, 6.07) is 0. The number of aldehydes is 1. The van der Waals surface area contributed by atoms with Gasteiger partial charge in [-0.2, -0.15) is 0 Å². The van der Waals surface area contributed by atoms with E-state index in [1.54, 1.807) is 12.2 Å². The van der Waals surface area contributed by atoms with Gasteiger partial charge in [0.2, 0.25) is 0 Å². The Kier molecular flexibility index (Phi) is 6.78.